The van der Waals surface area contributed by atoms with E-state index in [-0.39, 0.29) is 0 Å². The van der Waals surface area contributed by atoms with Gasteiger partial charge in [-0.2, -0.15) is 0 Å². The van der Waals surface area contributed by atoms with Gasteiger partial charge in [-0.15, -0.1) is 0 Å². The van der Waals surface area contributed by atoms with Crippen molar-refractivity contribution in [3.05, 3.63) is 23.8 Å². The third-order valence-electron chi connectivity index (χ3n) is 5.44. The zero-order valence-electron chi connectivity index (χ0n) is 19.4. The largest absolute Gasteiger partial charge is 0.493 e. The molecule has 0 radical (unpaired) electrons. The van der Waals surface area contributed by atoms with Gasteiger partial charge in [0, 0.05) is 33.2 Å². The minimum atomic E-state index is 0.637. The number of ether oxygens (including phenoxy) is 2. The summed E-state index contributed by atoms with van der Waals surface area (Å²) in [6.07, 6.45) is 4.42. The minimum Gasteiger partial charge on any atom is -0.493 e. The summed E-state index contributed by atoms with van der Waals surface area (Å²) in [4.78, 5) is 9.34. The molecule has 0 spiro atoms. The molecule has 1 aromatic rings. The van der Waals surface area contributed by atoms with Gasteiger partial charge >= 0.3 is 0 Å². The summed E-state index contributed by atoms with van der Waals surface area (Å²) in [5.41, 5.74) is 1.26. The number of methoxy groups -OCH3 is 1. The van der Waals surface area contributed by atoms with Crippen LogP contribution in [0.15, 0.2) is 23.2 Å². The van der Waals surface area contributed by atoms with Gasteiger partial charge in [-0.05, 0) is 77.0 Å². The van der Waals surface area contributed by atoms with Gasteiger partial charge in [0.1, 0.15) is 0 Å². The van der Waals surface area contributed by atoms with Gasteiger partial charge in [0.05, 0.1) is 13.7 Å². The Hall–Kier alpha value is -1.99. The van der Waals surface area contributed by atoms with Crippen molar-refractivity contribution >= 4 is 5.96 Å². The third-order valence-corrected chi connectivity index (χ3v) is 5.44. The Kier molecular flexibility index (Phi) is 11.4. The molecule has 0 amide bonds. The van der Waals surface area contributed by atoms with E-state index in [1.165, 1.54) is 38.2 Å². The monoisotopic (exact) mass is 419 g/mol. The fourth-order valence-electron chi connectivity index (χ4n) is 3.70. The zero-order valence-corrected chi connectivity index (χ0v) is 19.4. The second kappa shape index (κ2) is 14.1. The van der Waals surface area contributed by atoms with E-state index >= 15 is 0 Å². The number of aryl methyl sites for hydroxylation is 1. The van der Waals surface area contributed by atoms with E-state index in [0.29, 0.717) is 6.61 Å². The second-order valence-corrected chi connectivity index (χ2v) is 7.80. The SMILES string of the molecule is CCOc1cc(CCCNC(=NC)NCCCN2CCCN(C)CC2)ccc1OC. The van der Waals surface area contributed by atoms with E-state index in [1.54, 1.807) is 7.11 Å². The predicted molar refractivity (Wildman–Crippen MR) is 125 cm³/mol. The highest BCUT2D eigenvalue weighted by molar-refractivity contribution is 5.79. The molecule has 0 aliphatic carbocycles. The molecule has 2 rings (SSSR count). The smallest absolute Gasteiger partial charge is 0.190 e. The average Bonchev–Trinajstić information content (AvgIpc) is 2.97. The molecule has 2 N–H and O–H groups in total. The highest BCUT2D eigenvalue weighted by Gasteiger charge is 2.11. The summed E-state index contributed by atoms with van der Waals surface area (Å²) in [5.74, 6) is 2.49. The summed E-state index contributed by atoms with van der Waals surface area (Å²) >= 11 is 0. The highest BCUT2D eigenvalue weighted by Crippen LogP contribution is 2.28. The van der Waals surface area contributed by atoms with Crippen LogP contribution in [0.25, 0.3) is 0 Å². The van der Waals surface area contributed by atoms with Crippen molar-refractivity contribution < 1.29 is 9.47 Å². The molecule has 1 aliphatic rings. The number of rotatable bonds is 11. The molecule has 1 heterocycles. The fraction of sp³-hybridized carbons (Fsp3) is 0.696. The Labute approximate surface area is 182 Å². The van der Waals surface area contributed by atoms with Crippen LogP contribution in [-0.4, -0.2) is 89.4 Å². The Morgan fingerprint density at radius 1 is 1.07 bits per heavy atom. The Bertz CT molecular complexity index is 638. The maximum absolute atomic E-state index is 5.67. The van der Waals surface area contributed by atoms with Crippen LogP contribution < -0.4 is 20.1 Å². The average molecular weight is 420 g/mol. The molecular formula is C23H41N5O2. The van der Waals surface area contributed by atoms with Crippen molar-refractivity contribution in [2.24, 2.45) is 4.99 Å². The van der Waals surface area contributed by atoms with Gasteiger partial charge in [-0.3, -0.25) is 4.99 Å². The number of nitrogens with zero attached hydrogens (tertiary/aromatic N) is 3. The molecule has 0 bridgehead atoms. The molecule has 7 nitrogen and oxygen atoms in total. The lowest BCUT2D eigenvalue weighted by atomic mass is 10.1. The number of hydrogen-bond acceptors (Lipinski definition) is 5. The quantitative estimate of drug-likeness (QED) is 0.326. The van der Waals surface area contributed by atoms with Crippen molar-refractivity contribution in [3.63, 3.8) is 0 Å². The predicted octanol–water partition coefficient (Wildman–Crippen LogP) is 2.22. The second-order valence-electron chi connectivity index (χ2n) is 7.80. The first kappa shape index (κ1) is 24.3. The minimum absolute atomic E-state index is 0.637. The molecule has 1 saturated heterocycles. The van der Waals surface area contributed by atoms with E-state index in [0.717, 1.165) is 56.4 Å². The van der Waals surface area contributed by atoms with Crippen molar-refractivity contribution in [2.45, 2.75) is 32.6 Å². The summed E-state index contributed by atoms with van der Waals surface area (Å²) in [6.45, 7) is 10.4. The summed E-state index contributed by atoms with van der Waals surface area (Å²) in [6, 6.07) is 6.17. The molecule has 1 fully saturated rings. The molecule has 30 heavy (non-hydrogen) atoms. The standard InChI is InChI=1S/C23H41N5O2/c1-5-30-22-19-20(10-11-21(22)29-4)9-6-12-25-23(24-2)26-13-7-15-28-16-8-14-27(3)17-18-28/h10-11,19H,5-9,12-18H2,1-4H3,(H2,24,25,26). The number of aliphatic imine (C=N–C) groups is 1. The summed E-state index contributed by atoms with van der Waals surface area (Å²) in [7, 11) is 5.72. The van der Waals surface area contributed by atoms with Gasteiger partial charge in [-0.25, -0.2) is 0 Å². The first-order chi connectivity index (χ1) is 14.7. The lowest BCUT2D eigenvalue weighted by molar-refractivity contribution is 0.274. The molecule has 0 aromatic heterocycles. The van der Waals surface area contributed by atoms with Gasteiger partial charge < -0.3 is 29.9 Å². The van der Waals surface area contributed by atoms with Crippen molar-refractivity contribution in [3.8, 4) is 11.5 Å². The number of hydrogen-bond donors (Lipinski definition) is 2. The molecule has 0 saturated carbocycles. The van der Waals surface area contributed by atoms with Crippen molar-refractivity contribution in [2.75, 3.05) is 73.6 Å². The van der Waals surface area contributed by atoms with E-state index < -0.39 is 0 Å². The molecule has 0 atom stereocenters. The number of nitrogens with one attached hydrogen (secondary N) is 2. The molecule has 1 aliphatic heterocycles. The molecule has 7 heteroatoms. The first-order valence-corrected chi connectivity index (χ1v) is 11.3. The summed E-state index contributed by atoms with van der Waals surface area (Å²) < 4.78 is 11.0. The maximum atomic E-state index is 5.67. The third kappa shape index (κ3) is 8.79. The van der Waals surface area contributed by atoms with Crippen molar-refractivity contribution in [1.29, 1.82) is 0 Å². The van der Waals surface area contributed by atoms with Gasteiger partial charge in [0.2, 0.25) is 0 Å². The molecule has 0 unspecified atom stereocenters. The Balaban J connectivity index is 1.62. The van der Waals surface area contributed by atoms with Crippen LogP contribution in [0.1, 0.15) is 31.7 Å². The van der Waals surface area contributed by atoms with Crippen LogP contribution in [0.2, 0.25) is 0 Å². The Morgan fingerprint density at radius 2 is 1.87 bits per heavy atom. The lowest BCUT2D eigenvalue weighted by Gasteiger charge is -2.20. The topological polar surface area (TPSA) is 61.4 Å². The van der Waals surface area contributed by atoms with Gasteiger partial charge in [-0.1, -0.05) is 6.07 Å². The van der Waals surface area contributed by atoms with E-state index in [2.05, 4.69) is 44.6 Å². The number of likely N-dealkylation sites (N-methyl/N-ethyl adjacent to an activating group) is 1. The van der Waals surface area contributed by atoms with Crippen LogP contribution in [0.4, 0.5) is 0 Å². The van der Waals surface area contributed by atoms with E-state index in [4.69, 9.17) is 9.47 Å². The summed E-state index contributed by atoms with van der Waals surface area (Å²) in [5, 5.41) is 6.86. The van der Waals surface area contributed by atoms with Crippen LogP contribution in [0.5, 0.6) is 11.5 Å². The van der Waals surface area contributed by atoms with E-state index in [9.17, 15) is 0 Å². The van der Waals surface area contributed by atoms with Crippen LogP contribution in [0.3, 0.4) is 0 Å². The van der Waals surface area contributed by atoms with E-state index in [1.807, 2.05) is 20.0 Å². The van der Waals surface area contributed by atoms with Crippen LogP contribution in [-0.2, 0) is 6.42 Å². The van der Waals surface area contributed by atoms with Gasteiger partial charge in [0.15, 0.2) is 17.5 Å². The lowest BCUT2D eigenvalue weighted by Crippen LogP contribution is -2.39. The highest BCUT2D eigenvalue weighted by atomic mass is 16.5. The van der Waals surface area contributed by atoms with Gasteiger partial charge in [0.25, 0.3) is 0 Å². The fourth-order valence-corrected chi connectivity index (χ4v) is 3.70. The maximum Gasteiger partial charge on any atom is 0.190 e. The number of guanidine groups is 1. The first-order valence-electron chi connectivity index (χ1n) is 11.3. The van der Waals surface area contributed by atoms with Crippen LogP contribution >= 0.6 is 0 Å². The normalized spacial score (nSPS) is 16.2. The molecule has 1 aromatic carbocycles. The Morgan fingerprint density at radius 3 is 2.60 bits per heavy atom. The zero-order chi connectivity index (χ0) is 21.6. The molecular weight excluding hydrogens is 378 g/mol. The number of benzene rings is 1. The van der Waals surface area contributed by atoms with Crippen molar-refractivity contribution in [1.82, 2.24) is 20.4 Å². The molecule has 170 valence electrons. The van der Waals surface area contributed by atoms with Crippen LogP contribution in [0, 0.1) is 0 Å².